The van der Waals surface area contributed by atoms with Crippen LogP contribution in [0.5, 0.6) is 0 Å². The Hall–Kier alpha value is -0.926. The Labute approximate surface area is 91.7 Å². The van der Waals surface area contributed by atoms with Gasteiger partial charge in [0.1, 0.15) is 0 Å². The van der Waals surface area contributed by atoms with E-state index in [0.717, 1.165) is 5.69 Å². The Morgan fingerprint density at radius 3 is 2.29 bits per heavy atom. The van der Waals surface area contributed by atoms with Gasteiger partial charge in [0.2, 0.25) is 0 Å². The maximum atomic E-state index is 9.75. The first-order valence-electron chi connectivity index (χ1n) is 3.94. The summed E-state index contributed by atoms with van der Waals surface area (Å²) in [5, 5.41) is 0. The Bertz CT molecular complexity index is 334. The van der Waals surface area contributed by atoms with Crippen molar-refractivity contribution in [3.05, 3.63) is 54.9 Å². The van der Waals surface area contributed by atoms with Crippen LogP contribution < -0.4 is 0 Å². The van der Waals surface area contributed by atoms with Crippen LogP contribution in [0.2, 0.25) is 0 Å². The number of hydrogen-bond donors (Lipinski definition) is 0. The zero-order valence-corrected chi connectivity index (χ0v) is 8.88. The Balaban J connectivity index is 0.000000293. The van der Waals surface area contributed by atoms with Crippen LogP contribution in [0.1, 0.15) is 0 Å². The van der Waals surface area contributed by atoms with Gasteiger partial charge in [-0.15, -0.1) is 6.07 Å². The van der Waals surface area contributed by atoms with E-state index >= 15 is 0 Å². The molecule has 0 unspecified atom stereocenters. The molecule has 0 saturated carbocycles. The zero-order chi connectivity index (χ0) is 10.2. The number of nitrogens with zero attached hydrogens (tertiary/aromatic N) is 1. The van der Waals surface area contributed by atoms with Gasteiger partial charge in [-0.25, -0.2) is 0 Å². The maximum Gasteiger partial charge on any atom is -0.00357 e. The second kappa shape index (κ2) is 6.52. The van der Waals surface area contributed by atoms with Gasteiger partial charge in [-0.2, -0.15) is 24.3 Å². The SMILES string of the molecule is [F][Ti][F].[c-]1cccc(-n2cccc2)c1. The molecule has 0 amide bonds. The van der Waals surface area contributed by atoms with Crippen LogP contribution in [0.3, 0.4) is 0 Å². The summed E-state index contributed by atoms with van der Waals surface area (Å²) < 4.78 is 21.6. The molecule has 72 valence electrons. The van der Waals surface area contributed by atoms with Crippen molar-refractivity contribution in [2.45, 2.75) is 0 Å². The van der Waals surface area contributed by atoms with E-state index < -0.39 is 20.2 Å². The molecule has 1 aromatic heterocycles. The molecule has 0 bridgehead atoms. The third-order valence-corrected chi connectivity index (χ3v) is 1.59. The number of hydrogen-bond acceptors (Lipinski definition) is 0. The first-order valence-corrected chi connectivity index (χ1v) is 5.12. The van der Waals surface area contributed by atoms with Crippen molar-refractivity contribution in [3.63, 3.8) is 0 Å². The van der Waals surface area contributed by atoms with E-state index in [0.29, 0.717) is 0 Å². The first-order chi connectivity index (χ1) is 6.88. The fourth-order valence-electron chi connectivity index (χ4n) is 1.05. The van der Waals surface area contributed by atoms with E-state index in [1.165, 1.54) is 0 Å². The number of rotatable bonds is 1. The minimum Gasteiger partial charge on any atom is -0.377 e. The fraction of sp³-hybridized carbons (Fsp3) is 0. The van der Waals surface area contributed by atoms with Crippen LogP contribution in [0.4, 0.5) is 6.18 Å². The number of aromatic nitrogens is 1. The third kappa shape index (κ3) is 3.44. The van der Waals surface area contributed by atoms with Gasteiger partial charge in [0, 0.05) is 0 Å². The minimum absolute atomic E-state index is 1.15. The summed E-state index contributed by atoms with van der Waals surface area (Å²) in [6.45, 7) is 0. The topological polar surface area (TPSA) is 4.93 Å². The summed E-state index contributed by atoms with van der Waals surface area (Å²) >= 11 is -2.50. The van der Waals surface area contributed by atoms with Crippen LogP contribution in [0.15, 0.2) is 48.8 Å². The van der Waals surface area contributed by atoms with E-state index in [1.807, 2.05) is 42.7 Å². The second-order valence-corrected chi connectivity index (χ2v) is 2.65. The van der Waals surface area contributed by atoms with Crippen molar-refractivity contribution in [2.75, 3.05) is 0 Å². The Morgan fingerprint density at radius 2 is 1.79 bits per heavy atom. The van der Waals surface area contributed by atoms with E-state index in [-0.39, 0.29) is 0 Å². The van der Waals surface area contributed by atoms with Gasteiger partial charge in [0.05, 0.1) is 0 Å². The summed E-state index contributed by atoms with van der Waals surface area (Å²) in [5.41, 5.74) is 1.15. The fourth-order valence-corrected chi connectivity index (χ4v) is 1.05. The second-order valence-electron chi connectivity index (χ2n) is 2.42. The molecule has 0 atom stereocenters. The van der Waals surface area contributed by atoms with Crippen molar-refractivity contribution < 1.29 is 26.4 Å². The summed E-state index contributed by atoms with van der Waals surface area (Å²) in [7, 11) is 0. The molecule has 14 heavy (non-hydrogen) atoms. The first kappa shape index (κ1) is 11.2. The number of halogens is 2. The average molecular weight is 228 g/mol. The average Bonchev–Trinajstić information content (AvgIpc) is 2.73. The molecular weight excluding hydrogens is 220 g/mol. The van der Waals surface area contributed by atoms with Crippen molar-refractivity contribution in [1.29, 1.82) is 0 Å². The van der Waals surface area contributed by atoms with Crippen LogP contribution in [0.25, 0.3) is 5.69 Å². The molecule has 0 aliphatic carbocycles. The predicted molar refractivity (Wildman–Crippen MR) is 46.8 cm³/mol. The molecule has 0 N–H and O–H groups in total. The third-order valence-electron chi connectivity index (χ3n) is 1.59. The molecule has 0 fully saturated rings. The summed E-state index contributed by atoms with van der Waals surface area (Å²) in [6, 6.07) is 14.9. The summed E-state index contributed by atoms with van der Waals surface area (Å²) in [5.74, 6) is 0. The molecule has 2 aromatic rings. The monoisotopic (exact) mass is 228 g/mol. The largest absolute Gasteiger partial charge is 0.377 e. The van der Waals surface area contributed by atoms with Crippen molar-refractivity contribution >= 4 is 0 Å². The normalized spacial score (nSPS) is 8.71. The van der Waals surface area contributed by atoms with Gasteiger partial charge in [0.15, 0.2) is 0 Å². The van der Waals surface area contributed by atoms with Gasteiger partial charge >= 0.3 is 26.4 Å². The van der Waals surface area contributed by atoms with E-state index in [4.69, 9.17) is 0 Å². The molecule has 2 rings (SSSR count). The molecule has 0 aliphatic heterocycles. The van der Waals surface area contributed by atoms with Gasteiger partial charge in [-0.1, -0.05) is 5.69 Å². The van der Waals surface area contributed by atoms with Crippen molar-refractivity contribution in [3.8, 4) is 5.69 Å². The van der Waals surface area contributed by atoms with Gasteiger partial charge < -0.3 is 4.57 Å². The summed E-state index contributed by atoms with van der Waals surface area (Å²) in [4.78, 5) is 0. The van der Waals surface area contributed by atoms with Gasteiger partial charge in [0.25, 0.3) is 0 Å². The van der Waals surface area contributed by atoms with E-state index in [2.05, 4.69) is 16.7 Å². The van der Waals surface area contributed by atoms with Crippen molar-refractivity contribution in [1.82, 2.24) is 4.57 Å². The van der Waals surface area contributed by atoms with Crippen LogP contribution in [0, 0.1) is 6.07 Å². The smallest absolute Gasteiger partial charge is 0.00357 e. The molecule has 1 aromatic carbocycles. The molecule has 0 aliphatic rings. The standard InChI is InChI=1S/C10H8N.2FH.Ti/c1-2-6-10(7-3-1)11-8-4-5-9-11;;;/h1-2,4-9H;2*1H;/q-1;;;+2/p-2. The molecule has 0 spiro atoms. The Morgan fingerprint density at radius 1 is 1.14 bits per heavy atom. The van der Waals surface area contributed by atoms with Gasteiger partial charge in [-0.3, -0.25) is 0 Å². The van der Waals surface area contributed by atoms with Crippen LogP contribution >= 0.6 is 0 Å². The van der Waals surface area contributed by atoms with Crippen LogP contribution in [-0.2, 0) is 20.2 Å². The quantitative estimate of drug-likeness (QED) is 0.522. The van der Waals surface area contributed by atoms with E-state index in [9.17, 15) is 6.18 Å². The predicted octanol–water partition coefficient (Wildman–Crippen LogP) is 3.12. The minimum atomic E-state index is -2.50. The molecular formula is C10H8F2NTi-. The molecule has 0 radical (unpaired) electrons. The van der Waals surface area contributed by atoms with Gasteiger partial charge in [-0.05, 0) is 24.5 Å². The molecule has 0 saturated heterocycles. The maximum absolute atomic E-state index is 9.75. The molecule has 4 heteroatoms. The van der Waals surface area contributed by atoms with Crippen molar-refractivity contribution in [2.24, 2.45) is 0 Å². The van der Waals surface area contributed by atoms with E-state index in [1.54, 1.807) is 0 Å². The van der Waals surface area contributed by atoms with Crippen LogP contribution in [-0.4, -0.2) is 4.57 Å². The molecule has 1 heterocycles. The number of benzene rings is 1. The Kier molecular flexibility index (Phi) is 5.19. The summed E-state index contributed by atoms with van der Waals surface area (Å²) in [6.07, 6.45) is 4.03. The zero-order valence-electron chi connectivity index (χ0n) is 7.32. The molecule has 1 nitrogen and oxygen atoms in total.